The van der Waals surface area contributed by atoms with Crippen LogP contribution < -0.4 is 10.6 Å². The van der Waals surface area contributed by atoms with Crippen molar-refractivity contribution >= 4 is 5.91 Å². The zero-order chi connectivity index (χ0) is 14.2. The number of methoxy groups -OCH3 is 1. The highest BCUT2D eigenvalue weighted by molar-refractivity contribution is 5.78. The number of piperidine rings is 1. The van der Waals surface area contributed by atoms with E-state index in [1.807, 2.05) is 0 Å². The highest BCUT2D eigenvalue weighted by Gasteiger charge is 2.27. The van der Waals surface area contributed by atoms with Crippen molar-refractivity contribution in [3.05, 3.63) is 0 Å². The van der Waals surface area contributed by atoms with Gasteiger partial charge >= 0.3 is 0 Å². The SMILES string of the molecule is COCCCNC(=O)CN1CCCCC1CNC1CC1. The Morgan fingerprint density at radius 2 is 2.15 bits per heavy atom. The first kappa shape index (κ1) is 15.7. The van der Waals surface area contributed by atoms with Crippen LogP contribution in [0.25, 0.3) is 0 Å². The van der Waals surface area contributed by atoms with Gasteiger partial charge in [-0.1, -0.05) is 6.42 Å². The lowest BCUT2D eigenvalue weighted by atomic mass is 10.0. The van der Waals surface area contributed by atoms with Crippen molar-refractivity contribution in [3.63, 3.8) is 0 Å². The number of carbonyl (C=O) groups excluding carboxylic acids is 1. The van der Waals surface area contributed by atoms with Crippen LogP contribution in [-0.2, 0) is 9.53 Å². The molecule has 1 heterocycles. The van der Waals surface area contributed by atoms with Crippen LogP contribution in [0.15, 0.2) is 0 Å². The standard InChI is InChI=1S/C15H29N3O2/c1-20-10-4-8-16-15(19)12-18-9-3-2-5-14(18)11-17-13-6-7-13/h13-14,17H,2-12H2,1H3,(H,16,19). The lowest BCUT2D eigenvalue weighted by Crippen LogP contribution is -2.49. The van der Waals surface area contributed by atoms with Gasteiger partial charge in [-0.15, -0.1) is 0 Å². The summed E-state index contributed by atoms with van der Waals surface area (Å²) >= 11 is 0. The number of carbonyl (C=O) groups is 1. The number of hydrogen-bond acceptors (Lipinski definition) is 4. The molecule has 1 amide bonds. The van der Waals surface area contributed by atoms with Crippen LogP contribution >= 0.6 is 0 Å². The van der Waals surface area contributed by atoms with Gasteiger partial charge in [0.1, 0.15) is 0 Å². The summed E-state index contributed by atoms with van der Waals surface area (Å²) in [7, 11) is 1.69. The number of amides is 1. The number of nitrogens with one attached hydrogen (secondary N) is 2. The Balaban J connectivity index is 1.65. The number of nitrogens with zero attached hydrogens (tertiary/aromatic N) is 1. The van der Waals surface area contributed by atoms with E-state index in [4.69, 9.17) is 4.74 Å². The third kappa shape index (κ3) is 5.77. The van der Waals surface area contributed by atoms with Gasteiger partial charge in [-0.05, 0) is 38.6 Å². The van der Waals surface area contributed by atoms with Crippen LogP contribution in [0.3, 0.4) is 0 Å². The molecular formula is C15H29N3O2. The molecule has 5 heteroatoms. The van der Waals surface area contributed by atoms with E-state index in [1.54, 1.807) is 7.11 Å². The molecule has 0 aromatic rings. The first-order valence-corrected chi connectivity index (χ1v) is 8.02. The Labute approximate surface area is 122 Å². The van der Waals surface area contributed by atoms with Crippen LogP contribution in [0.2, 0.25) is 0 Å². The third-order valence-corrected chi connectivity index (χ3v) is 4.16. The molecule has 0 spiro atoms. The van der Waals surface area contributed by atoms with Gasteiger partial charge in [0.05, 0.1) is 6.54 Å². The molecule has 20 heavy (non-hydrogen) atoms. The topological polar surface area (TPSA) is 53.6 Å². The summed E-state index contributed by atoms with van der Waals surface area (Å²) in [6.45, 7) is 4.07. The fraction of sp³-hybridized carbons (Fsp3) is 0.933. The summed E-state index contributed by atoms with van der Waals surface area (Å²) in [5.74, 6) is 0.152. The van der Waals surface area contributed by atoms with Crippen LogP contribution in [0.5, 0.6) is 0 Å². The minimum absolute atomic E-state index is 0.152. The van der Waals surface area contributed by atoms with Crippen molar-refractivity contribution in [3.8, 4) is 0 Å². The highest BCUT2D eigenvalue weighted by Crippen LogP contribution is 2.21. The molecule has 2 aliphatic rings. The Kier molecular flexibility index (Phi) is 6.76. The third-order valence-electron chi connectivity index (χ3n) is 4.16. The molecule has 1 saturated carbocycles. The highest BCUT2D eigenvalue weighted by atomic mass is 16.5. The maximum atomic E-state index is 12.0. The molecule has 2 N–H and O–H groups in total. The summed E-state index contributed by atoms with van der Waals surface area (Å²) in [5, 5.41) is 6.58. The van der Waals surface area contributed by atoms with Crippen molar-refractivity contribution in [2.75, 3.05) is 39.9 Å². The van der Waals surface area contributed by atoms with Gasteiger partial charge in [-0.2, -0.15) is 0 Å². The van der Waals surface area contributed by atoms with Crippen LogP contribution in [-0.4, -0.2) is 62.8 Å². The van der Waals surface area contributed by atoms with Gasteiger partial charge in [0.2, 0.25) is 5.91 Å². The zero-order valence-electron chi connectivity index (χ0n) is 12.7. The monoisotopic (exact) mass is 283 g/mol. The van der Waals surface area contributed by atoms with Crippen LogP contribution in [0.4, 0.5) is 0 Å². The molecule has 0 aromatic heterocycles. The quantitative estimate of drug-likeness (QED) is 0.613. The average Bonchev–Trinajstić information content (AvgIpc) is 3.27. The molecule has 2 fully saturated rings. The van der Waals surface area contributed by atoms with Crippen molar-refractivity contribution in [1.29, 1.82) is 0 Å². The molecule has 1 aliphatic heterocycles. The first-order valence-electron chi connectivity index (χ1n) is 8.02. The molecule has 116 valence electrons. The Morgan fingerprint density at radius 1 is 1.30 bits per heavy atom. The van der Waals surface area contributed by atoms with Gasteiger partial charge in [-0.25, -0.2) is 0 Å². The van der Waals surface area contributed by atoms with E-state index in [2.05, 4.69) is 15.5 Å². The molecule has 0 aromatic carbocycles. The molecular weight excluding hydrogens is 254 g/mol. The van der Waals surface area contributed by atoms with E-state index in [-0.39, 0.29) is 5.91 Å². The normalized spacial score (nSPS) is 23.8. The van der Waals surface area contributed by atoms with Gasteiger partial charge < -0.3 is 15.4 Å². The fourth-order valence-corrected chi connectivity index (χ4v) is 2.77. The lowest BCUT2D eigenvalue weighted by molar-refractivity contribution is -0.123. The largest absolute Gasteiger partial charge is 0.385 e. The summed E-state index contributed by atoms with van der Waals surface area (Å²) < 4.78 is 4.98. The zero-order valence-corrected chi connectivity index (χ0v) is 12.7. The van der Waals surface area contributed by atoms with Crippen LogP contribution in [0.1, 0.15) is 38.5 Å². The van der Waals surface area contributed by atoms with E-state index in [1.165, 1.54) is 32.1 Å². The van der Waals surface area contributed by atoms with Crippen molar-refractivity contribution in [2.45, 2.75) is 50.6 Å². The smallest absolute Gasteiger partial charge is 0.234 e. The summed E-state index contributed by atoms with van der Waals surface area (Å²) in [6.07, 6.45) is 7.27. The minimum Gasteiger partial charge on any atom is -0.385 e. The van der Waals surface area contributed by atoms with E-state index >= 15 is 0 Å². The number of likely N-dealkylation sites (tertiary alicyclic amines) is 1. The second-order valence-corrected chi connectivity index (χ2v) is 6.00. The van der Waals surface area contributed by atoms with E-state index < -0.39 is 0 Å². The van der Waals surface area contributed by atoms with Gasteiger partial charge in [0, 0.05) is 38.9 Å². The Hall–Kier alpha value is -0.650. The molecule has 1 atom stereocenters. The molecule has 1 unspecified atom stereocenters. The number of hydrogen-bond donors (Lipinski definition) is 2. The van der Waals surface area contributed by atoms with Crippen molar-refractivity contribution in [2.24, 2.45) is 0 Å². The maximum absolute atomic E-state index is 12.0. The predicted octanol–water partition coefficient (Wildman–Crippen LogP) is 0.746. The summed E-state index contributed by atoms with van der Waals surface area (Å²) in [4.78, 5) is 14.3. The Morgan fingerprint density at radius 3 is 2.90 bits per heavy atom. The summed E-state index contributed by atoms with van der Waals surface area (Å²) in [5.41, 5.74) is 0. The molecule has 2 rings (SSSR count). The fourth-order valence-electron chi connectivity index (χ4n) is 2.77. The van der Waals surface area contributed by atoms with Crippen molar-refractivity contribution < 1.29 is 9.53 Å². The Bertz CT molecular complexity index is 295. The van der Waals surface area contributed by atoms with Crippen molar-refractivity contribution in [1.82, 2.24) is 15.5 Å². The molecule has 1 saturated heterocycles. The average molecular weight is 283 g/mol. The number of ether oxygens (including phenoxy) is 1. The maximum Gasteiger partial charge on any atom is 0.234 e. The first-order chi connectivity index (χ1) is 9.79. The molecule has 0 bridgehead atoms. The predicted molar refractivity (Wildman–Crippen MR) is 79.7 cm³/mol. The van der Waals surface area contributed by atoms with Gasteiger partial charge in [0.15, 0.2) is 0 Å². The summed E-state index contributed by atoms with van der Waals surface area (Å²) in [6, 6.07) is 1.29. The minimum atomic E-state index is 0.152. The number of rotatable bonds is 9. The lowest BCUT2D eigenvalue weighted by Gasteiger charge is -2.35. The molecule has 0 radical (unpaired) electrons. The molecule has 1 aliphatic carbocycles. The van der Waals surface area contributed by atoms with Gasteiger partial charge in [-0.3, -0.25) is 9.69 Å². The second-order valence-electron chi connectivity index (χ2n) is 6.00. The second kappa shape index (κ2) is 8.60. The van der Waals surface area contributed by atoms with E-state index in [0.29, 0.717) is 25.7 Å². The van der Waals surface area contributed by atoms with Gasteiger partial charge in [0.25, 0.3) is 0 Å². The van der Waals surface area contributed by atoms with E-state index in [0.717, 1.165) is 25.6 Å². The molecule has 5 nitrogen and oxygen atoms in total. The van der Waals surface area contributed by atoms with Crippen LogP contribution in [0, 0.1) is 0 Å². The van der Waals surface area contributed by atoms with E-state index in [9.17, 15) is 4.79 Å².